The molecule has 2 rings (SSSR count). The molecule has 1 N–H and O–H groups in total. The first-order chi connectivity index (χ1) is 12.3. The van der Waals surface area contributed by atoms with Crippen LogP contribution < -0.4 is 14.8 Å². The number of benzene rings is 2. The third-order valence-corrected chi connectivity index (χ3v) is 4.35. The zero-order chi connectivity index (χ0) is 19.2. The highest BCUT2D eigenvalue weighted by Crippen LogP contribution is 2.24. The van der Waals surface area contributed by atoms with Crippen LogP contribution in [0.25, 0.3) is 0 Å². The largest absolute Gasteiger partial charge is 0.497 e. The van der Waals surface area contributed by atoms with Crippen molar-refractivity contribution in [3.8, 4) is 11.5 Å². The second kappa shape index (κ2) is 8.75. The Bertz CT molecular complexity index is 700. The third-order valence-electron chi connectivity index (χ3n) is 4.35. The highest BCUT2D eigenvalue weighted by molar-refractivity contribution is 5.78. The van der Waals surface area contributed by atoms with Gasteiger partial charge in [0.1, 0.15) is 11.5 Å². The van der Waals surface area contributed by atoms with Crippen LogP contribution >= 0.6 is 0 Å². The van der Waals surface area contributed by atoms with Gasteiger partial charge in [-0.25, -0.2) is 0 Å². The van der Waals surface area contributed by atoms with Crippen molar-refractivity contribution >= 4 is 5.91 Å². The summed E-state index contributed by atoms with van der Waals surface area (Å²) in [7, 11) is 1.64. The Morgan fingerprint density at radius 3 is 2.08 bits per heavy atom. The van der Waals surface area contributed by atoms with Crippen LogP contribution in [0.4, 0.5) is 0 Å². The molecule has 0 fully saturated rings. The lowest BCUT2D eigenvalue weighted by Crippen LogP contribution is -2.32. The van der Waals surface area contributed by atoms with Crippen LogP contribution in [0.1, 0.15) is 51.3 Å². The molecular weight excluding hydrogens is 326 g/mol. The average Bonchev–Trinajstić information content (AvgIpc) is 2.64. The van der Waals surface area contributed by atoms with Gasteiger partial charge in [0, 0.05) is 0 Å². The van der Waals surface area contributed by atoms with Crippen molar-refractivity contribution in [2.75, 3.05) is 13.7 Å². The summed E-state index contributed by atoms with van der Waals surface area (Å²) in [5.41, 5.74) is 2.39. The molecule has 1 atom stereocenters. The number of carbonyl (C=O) groups is 1. The lowest BCUT2D eigenvalue weighted by atomic mass is 9.87. The lowest BCUT2D eigenvalue weighted by Gasteiger charge is -2.20. The minimum absolute atomic E-state index is 0.00151. The van der Waals surface area contributed by atoms with Gasteiger partial charge in [0.25, 0.3) is 5.91 Å². The predicted molar refractivity (Wildman–Crippen MR) is 105 cm³/mol. The second-order valence-electron chi connectivity index (χ2n) is 7.36. The molecule has 0 radical (unpaired) electrons. The van der Waals surface area contributed by atoms with E-state index in [0.29, 0.717) is 5.75 Å². The predicted octanol–water partition coefficient (Wildman–Crippen LogP) is 4.64. The van der Waals surface area contributed by atoms with E-state index in [1.54, 1.807) is 7.11 Å². The Morgan fingerprint density at radius 1 is 1.00 bits per heavy atom. The smallest absolute Gasteiger partial charge is 0.258 e. The summed E-state index contributed by atoms with van der Waals surface area (Å²) in [6.07, 6.45) is 0.804. The van der Waals surface area contributed by atoms with Gasteiger partial charge in [-0.3, -0.25) is 4.79 Å². The van der Waals surface area contributed by atoms with Gasteiger partial charge < -0.3 is 14.8 Å². The fourth-order valence-electron chi connectivity index (χ4n) is 2.69. The van der Waals surface area contributed by atoms with Crippen molar-refractivity contribution < 1.29 is 14.3 Å². The quantitative estimate of drug-likeness (QED) is 0.787. The molecule has 0 saturated heterocycles. The number of hydrogen-bond acceptors (Lipinski definition) is 3. The SMILES string of the molecule is CCC(NC(=O)COc1ccc(C(C)(C)C)cc1)c1ccc(OC)cc1. The van der Waals surface area contributed by atoms with Crippen LogP contribution in [0.2, 0.25) is 0 Å². The Balaban J connectivity index is 1.90. The Hall–Kier alpha value is -2.49. The topological polar surface area (TPSA) is 47.6 Å². The van der Waals surface area contributed by atoms with E-state index in [4.69, 9.17) is 9.47 Å². The van der Waals surface area contributed by atoms with Crippen LogP contribution in [0.15, 0.2) is 48.5 Å². The van der Waals surface area contributed by atoms with Crippen molar-refractivity contribution in [2.45, 2.75) is 45.6 Å². The summed E-state index contributed by atoms with van der Waals surface area (Å²) < 4.78 is 10.8. The Labute approximate surface area is 156 Å². The van der Waals surface area contributed by atoms with Crippen LogP contribution in [0.5, 0.6) is 11.5 Å². The molecule has 0 saturated carbocycles. The Kier molecular flexibility index (Phi) is 6.67. The van der Waals surface area contributed by atoms with Crippen LogP contribution in [-0.2, 0) is 10.2 Å². The minimum Gasteiger partial charge on any atom is -0.497 e. The first kappa shape index (κ1) is 19.8. The van der Waals surface area contributed by atoms with E-state index < -0.39 is 0 Å². The van der Waals surface area contributed by atoms with Gasteiger partial charge in [0.05, 0.1) is 13.2 Å². The van der Waals surface area contributed by atoms with Gasteiger partial charge in [-0.2, -0.15) is 0 Å². The number of ether oxygens (including phenoxy) is 2. The zero-order valence-electron chi connectivity index (χ0n) is 16.3. The molecule has 2 aromatic carbocycles. The van der Waals surface area contributed by atoms with Crippen molar-refractivity contribution in [2.24, 2.45) is 0 Å². The molecule has 0 aliphatic rings. The van der Waals surface area contributed by atoms with Gasteiger partial charge in [-0.05, 0) is 47.2 Å². The average molecular weight is 355 g/mol. The number of methoxy groups -OCH3 is 1. The molecule has 0 bridgehead atoms. The molecule has 4 nitrogen and oxygen atoms in total. The van der Waals surface area contributed by atoms with E-state index in [9.17, 15) is 4.79 Å². The van der Waals surface area contributed by atoms with Gasteiger partial charge in [-0.1, -0.05) is 52.0 Å². The fourth-order valence-corrected chi connectivity index (χ4v) is 2.69. The zero-order valence-corrected chi connectivity index (χ0v) is 16.3. The molecule has 1 unspecified atom stereocenters. The molecule has 0 spiro atoms. The van der Waals surface area contributed by atoms with E-state index in [1.807, 2.05) is 55.5 Å². The first-order valence-corrected chi connectivity index (χ1v) is 9.00. The summed E-state index contributed by atoms with van der Waals surface area (Å²) >= 11 is 0. The van der Waals surface area contributed by atoms with Crippen molar-refractivity contribution in [3.05, 3.63) is 59.7 Å². The molecule has 0 aliphatic carbocycles. The monoisotopic (exact) mass is 355 g/mol. The standard InChI is InChI=1S/C22H29NO3/c1-6-20(16-7-11-18(25-5)12-8-16)23-21(24)15-26-19-13-9-17(10-14-19)22(2,3)4/h7-14,20H,6,15H2,1-5H3,(H,23,24). The Morgan fingerprint density at radius 2 is 1.58 bits per heavy atom. The number of rotatable bonds is 7. The summed E-state index contributed by atoms with van der Waals surface area (Å²) in [4.78, 5) is 12.2. The number of amides is 1. The highest BCUT2D eigenvalue weighted by Gasteiger charge is 2.15. The summed E-state index contributed by atoms with van der Waals surface area (Å²) in [5.74, 6) is 1.37. The summed E-state index contributed by atoms with van der Waals surface area (Å²) in [6.45, 7) is 8.55. The van der Waals surface area contributed by atoms with E-state index in [0.717, 1.165) is 17.7 Å². The second-order valence-corrected chi connectivity index (χ2v) is 7.36. The van der Waals surface area contributed by atoms with Crippen LogP contribution in [0, 0.1) is 0 Å². The summed E-state index contributed by atoms with van der Waals surface area (Å²) in [6, 6.07) is 15.6. The van der Waals surface area contributed by atoms with E-state index in [1.165, 1.54) is 5.56 Å². The first-order valence-electron chi connectivity index (χ1n) is 9.00. The van der Waals surface area contributed by atoms with Crippen LogP contribution in [0.3, 0.4) is 0 Å². The molecule has 140 valence electrons. The van der Waals surface area contributed by atoms with Crippen LogP contribution in [-0.4, -0.2) is 19.6 Å². The molecule has 0 aliphatic heterocycles. The number of nitrogens with one attached hydrogen (secondary N) is 1. The van der Waals surface area contributed by atoms with Crippen molar-refractivity contribution in [1.29, 1.82) is 0 Å². The highest BCUT2D eigenvalue weighted by atomic mass is 16.5. The van der Waals surface area contributed by atoms with E-state index in [-0.39, 0.29) is 24.0 Å². The van der Waals surface area contributed by atoms with Gasteiger partial charge >= 0.3 is 0 Å². The van der Waals surface area contributed by atoms with Crippen molar-refractivity contribution in [1.82, 2.24) is 5.32 Å². The maximum absolute atomic E-state index is 12.2. The molecule has 0 heterocycles. The molecular formula is C22H29NO3. The van der Waals surface area contributed by atoms with E-state index >= 15 is 0 Å². The van der Waals surface area contributed by atoms with Gasteiger partial charge in [-0.15, -0.1) is 0 Å². The number of hydrogen-bond donors (Lipinski definition) is 1. The normalized spacial score (nSPS) is 12.3. The minimum atomic E-state index is -0.132. The maximum atomic E-state index is 12.2. The molecule has 2 aromatic rings. The fraction of sp³-hybridized carbons (Fsp3) is 0.409. The molecule has 26 heavy (non-hydrogen) atoms. The maximum Gasteiger partial charge on any atom is 0.258 e. The molecule has 0 aromatic heterocycles. The third kappa shape index (κ3) is 5.51. The lowest BCUT2D eigenvalue weighted by molar-refractivity contribution is -0.123. The molecule has 1 amide bonds. The van der Waals surface area contributed by atoms with E-state index in [2.05, 4.69) is 26.1 Å². The number of carbonyl (C=O) groups excluding carboxylic acids is 1. The van der Waals surface area contributed by atoms with Crippen molar-refractivity contribution in [3.63, 3.8) is 0 Å². The van der Waals surface area contributed by atoms with Gasteiger partial charge in [0.2, 0.25) is 0 Å². The summed E-state index contributed by atoms with van der Waals surface area (Å²) in [5, 5.41) is 3.02. The molecule has 4 heteroatoms. The van der Waals surface area contributed by atoms with Gasteiger partial charge in [0.15, 0.2) is 6.61 Å².